The van der Waals surface area contributed by atoms with E-state index in [1.165, 1.54) is 7.05 Å². The average Bonchev–Trinajstić information content (AvgIpc) is 2.14. The average molecular weight is 287 g/mol. The Kier molecular flexibility index (Phi) is 8.73. The van der Waals surface area contributed by atoms with Crippen LogP contribution >= 0.6 is 7.75 Å². The molecule has 0 saturated carbocycles. The summed E-state index contributed by atoms with van der Waals surface area (Å²) in [6.45, 7) is -1.25. The molecular weight excluding hydrogens is 273 g/mol. The second-order valence-corrected chi connectivity index (χ2v) is 4.00. The molecule has 0 aliphatic heterocycles. The molecule has 106 valence electrons. The number of aliphatic carboxylic acids is 2. The number of carboxylic acid groups (broad SMARTS) is 2. The van der Waals surface area contributed by atoms with Crippen molar-refractivity contribution in [2.45, 2.75) is 0 Å². The maximum absolute atomic E-state index is 10.3. The maximum Gasteiger partial charge on any atom is 0.451 e. The fraction of sp³-hybridized carbons (Fsp3) is 0.500. The molecule has 0 aliphatic rings. The number of likely N-dealkylation sites (N-methyl/N-ethyl adjacent to an activating group) is 1. The van der Waals surface area contributed by atoms with Crippen molar-refractivity contribution < 1.29 is 39.3 Å². The molecule has 0 saturated heterocycles. The lowest BCUT2D eigenvalue weighted by Crippen LogP contribution is -2.37. The fourth-order valence-electron chi connectivity index (χ4n) is 0.494. The summed E-state index contributed by atoms with van der Waals surface area (Å²) >= 11 is 0. The van der Waals surface area contributed by atoms with E-state index in [1.54, 1.807) is 0 Å². The number of hydrogen-bond donors (Lipinski definition) is 6. The van der Waals surface area contributed by atoms with Gasteiger partial charge in [0, 0.05) is 7.05 Å². The van der Waals surface area contributed by atoms with Crippen molar-refractivity contribution in [2.24, 2.45) is 10.5 Å². The molecule has 0 atom stereocenters. The van der Waals surface area contributed by atoms with Crippen LogP contribution in [0.2, 0.25) is 0 Å². The Morgan fingerprint density at radius 2 is 1.67 bits per heavy atom. The van der Waals surface area contributed by atoms with Gasteiger partial charge in [0.15, 0.2) is 0 Å². The molecule has 11 nitrogen and oxygen atoms in total. The highest BCUT2D eigenvalue weighted by molar-refractivity contribution is 7.50. The van der Waals surface area contributed by atoms with Gasteiger partial charge in [-0.15, -0.1) is 4.76 Å². The highest BCUT2D eigenvalue weighted by Crippen LogP contribution is 2.35. The minimum Gasteiger partial charge on any atom is -0.480 e. The Morgan fingerprint density at radius 3 is 1.89 bits per heavy atom. The predicted molar refractivity (Wildman–Crippen MR) is 58.7 cm³/mol. The monoisotopic (exact) mass is 287 g/mol. The van der Waals surface area contributed by atoms with Crippen molar-refractivity contribution in [1.29, 1.82) is 0 Å². The van der Waals surface area contributed by atoms with Crippen LogP contribution in [0, 0.1) is 0 Å². The number of carboxylic acids is 2. The third-order valence-corrected chi connectivity index (χ3v) is 1.60. The topological polar surface area (TPSA) is 194 Å². The summed E-state index contributed by atoms with van der Waals surface area (Å²) in [5.74, 6) is -2.88. The lowest BCUT2D eigenvalue weighted by molar-refractivity contribution is -0.140. The highest BCUT2D eigenvalue weighted by atomic mass is 31.2. The van der Waals surface area contributed by atoms with E-state index in [0.717, 1.165) is 4.90 Å². The van der Waals surface area contributed by atoms with E-state index in [-0.39, 0.29) is 0 Å². The van der Waals surface area contributed by atoms with Gasteiger partial charge in [0.2, 0.25) is 5.96 Å². The van der Waals surface area contributed by atoms with Gasteiger partial charge in [0.25, 0.3) is 0 Å². The Balaban J connectivity index is 0. The highest BCUT2D eigenvalue weighted by Gasteiger charge is 2.14. The van der Waals surface area contributed by atoms with E-state index in [2.05, 4.69) is 4.76 Å². The molecule has 0 heterocycles. The Morgan fingerprint density at radius 1 is 1.28 bits per heavy atom. The SMILES string of the molecule is CN(CC(=O)O)/C(N)=N/P(=O)(O)O.O=C(O)CO. The van der Waals surface area contributed by atoms with E-state index in [4.69, 9.17) is 35.6 Å². The standard InChI is InChI=1S/C4H10N3O5P.C2H4O3/c1-7(2-3(8)9)4(5)6-13(10,11)12;3-1-2(4)5/h2H2,1H3,(H,8,9)(H4,5,6,10,11,12);3H,1H2,(H,4,5). The van der Waals surface area contributed by atoms with Crippen molar-refractivity contribution in [3.63, 3.8) is 0 Å². The minimum absolute atomic E-state index is 0.477. The molecule has 0 aromatic rings. The van der Waals surface area contributed by atoms with Gasteiger partial charge in [0.1, 0.15) is 13.2 Å². The van der Waals surface area contributed by atoms with Gasteiger partial charge in [-0.2, -0.15) is 0 Å². The van der Waals surface area contributed by atoms with E-state index in [0.29, 0.717) is 0 Å². The van der Waals surface area contributed by atoms with Gasteiger partial charge < -0.3 is 35.7 Å². The molecule has 12 heteroatoms. The van der Waals surface area contributed by atoms with Crippen LogP contribution in [0.3, 0.4) is 0 Å². The minimum atomic E-state index is -4.59. The number of aliphatic hydroxyl groups excluding tert-OH is 1. The summed E-state index contributed by atoms with van der Waals surface area (Å²) < 4.78 is 13.1. The van der Waals surface area contributed by atoms with Crippen molar-refractivity contribution in [3.05, 3.63) is 0 Å². The zero-order chi connectivity index (χ0) is 14.9. The third-order valence-electron chi connectivity index (χ3n) is 1.13. The van der Waals surface area contributed by atoms with E-state index >= 15 is 0 Å². The van der Waals surface area contributed by atoms with Gasteiger partial charge in [-0.3, -0.25) is 4.79 Å². The summed E-state index contributed by atoms with van der Waals surface area (Å²) in [6, 6.07) is 0. The van der Waals surface area contributed by atoms with Crippen LogP contribution in [0.5, 0.6) is 0 Å². The van der Waals surface area contributed by atoms with Crippen molar-refractivity contribution in [1.82, 2.24) is 4.90 Å². The largest absolute Gasteiger partial charge is 0.480 e. The van der Waals surface area contributed by atoms with Crippen molar-refractivity contribution >= 4 is 25.6 Å². The number of hydrogen-bond acceptors (Lipinski definition) is 4. The molecule has 0 aromatic heterocycles. The van der Waals surface area contributed by atoms with Gasteiger partial charge in [-0.05, 0) is 0 Å². The zero-order valence-corrected chi connectivity index (χ0v) is 10.2. The third kappa shape index (κ3) is 14.3. The Labute approximate surface area is 101 Å². The lowest BCUT2D eigenvalue weighted by Gasteiger charge is -2.14. The molecule has 0 unspecified atom stereocenters. The number of guanidine groups is 1. The molecule has 0 spiro atoms. The van der Waals surface area contributed by atoms with Crippen LogP contribution < -0.4 is 5.73 Å². The normalized spacial score (nSPS) is 11.2. The Bertz CT molecular complexity index is 364. The van der Waals surface area contributed by atoms with Crippen molar-refractivity contribution in [2.75, 3.05) is 20.2 Å². The van der Waals surface area contributed by atoms with E-state index in [9.17, 15) is 9.36 Å². The number of carbonyl (C=O) groups is 2. The number of nitrogens with two attached hydrogens (primary N) is 1. The van der Waals surface area contributed by atoms with Crippen LogP contribution in [0.15, 0.2) is 4.76 Å². The van der Waals surface area contributed by atoms with Crippen LogP contribution in [0.4, 0.5) is 0 Å². The molecular formula is C6H14N3O8P. The van der Waals surface area contributed by atoms with Gasteiger partial charge in [-0.25, -0.2) is 9.36 Å². The molecule has 0 aliphatic carbocycles. The van der Waals surface area contributed by atoms with Crippen molar-refractivity contribution in [3.8, 4) is 0 Å². The number of rotatable bonds is 4. The molecule has 7 N–H and O–H groups in total. The summed E-state index contributed by atoms with van der Waals surface area (Å²) in [4.78, 5) is 36.8. The van der Waals surface area contributed by atoms with E-state index < -0.39 is 38.8 Å². The smallest absolute Gasteiger partial charge is 0.451 e. The molecule has 0 bridgehead atoms. The number of aliphatic hydroxyl groups is 1. The summed E-state index contributed by atoms with van der Waals surface area (Å²) in [6.07, 6.45) is 0. The van der Waals surface area contributed by atoms with Gasteiger partial charge >= 0.3 is 19.7 Å². The molecule has 0 radical (unpaired) electrons. The lowest BCUT2D eigenvalue weighted by atomic mass is 10.6. The summed E-state index contributed by atoms with van der Waals surface area (Å²) in [5.41, 5.74) is 5.07. The van der Waals surface area contributed by atoms with Crippen LogP contribution in [-0.2, 0) is 14.2 Å². The molecule has 18 heavy (non-hydrogen) atoms. The number of nitrogens with zero attached hydrogens (tertiary/aromatic N) is 2. The first-order valence-electron chi connectivity index (χ1n) is 4.16. The molecule has 0 aromatic carbocycles. The summed E-state index contributed by atoms with van der Waals surface area (Å²) in [5, 5.41) is 23.3. The molecule has 0 amide bonds. The fourth-order valence-corrected chi connectivity index (χ4v) is 0.913. The predicted octanol–water partition coefficient (Wildman–Crippen LogP) is -2.53. The maximum atomic E-state index is 10.3. The Hall–Kier alpha value is -1.68. The first kappa shape index (κ1) is 18.7. The first-order valence-corrected chi connectivity index (χ1v) is 5.73. The second-order valence-electron chi connectivity index (χ2n) is 2.77. The quantitative estimate of drug-likeness (QED) is 0.182. The second kappa shape index (κ2) is 8.42. The van der Waals surface area contributed by atoms with Gasteiger partial charge in [0.05, 0.1) is 0 Å². The van der Waals surface area contributed by atoms with E-state index in [1.807, 2.05) is 0 Å². The zero-order valence-electron chi connectivity index (χ0n) is 9.29. The van der Waals surface area contributed by atoms with Crippen LogP contribution in [-0.4, -0.2) is 68.1 Å². The van der Waals surface area contributed by atoms with Gasteiger partial charge in [-0.1, -0.05) is 0 Å². The van der Waals surface area contributed by atoms with Crippen LogP contribution in [0.1, 0.15) is 0 Å². The summed E-state index contributed by atoms with van der Waals surface area (Å²) in [7, 11) is -3.34. The van der Waals surface area contributed by atoms with Crippen LogP contribution in [0.25, 0.3) is 0 Å². The molecule has 0 rings (SSSR count). The molecule has 0 fully saturated rings. The first-order chi connectivity index (χ1) is 7.99.